The second kappa shape index (κ2) is 6.16. The van der Waals surface area contributed by atoms with E-state index < -0.39 is 6.10 Å². The Bertz CT molecular complexity index is 517. The van der Waals surface area contributed by atoms with Crippen molar-refractivity contribution in [2.75, 3.05) is 6.54 Å². The maximum absolute atomic E-state index is 12.6. The summed E-state index contributed by atoms with van der Waals surface area (Å²) in [5.41, 5.74) is 8.00. The number of aliphatic hydroxyl groups excluding tert-OH is 1. The number of benzene rings is 1. The summed E-state index contributed by atoms with van der Waals surface area (Å²) < 4.78 is 0. The van der Waals surface area contributed by atoms with E-state index in [-0.39, 0.29) is 23.8 Å². The molecule has 2 aliphatic rings. The van der Waals surface area contributed by atoms with Gasteiger partial charge in [-0.15, -0.1) is 0 Å². The Morgan fingerprint density at radius 2 is 2.05 bits per heavy atom. The molecule has 4 atom stereocenters. The van der Waals surface area contributed by atoms with E-state index in [1.54, 1.807) is 0 Å². The average molecular weight is 288 g/mol. The zero-order valence-electron chi connectivity index (χ0n) is 12.3. The molecule has 0 bridgehead atoms. The Kier molecular flexibility index (Phi) is 4.27. The molecule has 0 saturated heterocycles. The quantitative estimate of drug-likeness (QED) is 0.789. The zero-order chi connectivity index (χ0) is 14.8. The normalized spacial score (nSPS) is 31.7. The number of amides is 1. The Hall–Kier alpha value is -1.39. The topological polar surface area (TPSA) is 75.4 Å². The van der Waals surface area contributed by atoms with E-state index in [1.807, 2.05) is 24.3 Å². The van der Waals surface area contributed by atoms with Gasteiger partial charge in [-0.25, -0.2) is 0 Å². The second-order valence-corrected chi connectivity index (χ2v) is 6.34. The summed E-state index contributed by atoms with van der Waals surface area (Å²) in [4.78, 5) is 12.6. The summed E-state index contributed by atoms with van der Waals surface area (Å²) in [7, 11) is 0. The minimum atomic E-state index is -0.522. The third kappa shape index (κ3) is 2.83. The van der Waals surface area contributed by atoms with Crippen LogP contribution in [0.25, 0.3) is 0 Å². The fraction of sp³-hybridized carbons (Fsp3) is 0.588. The molecule has 4 heteroatoms. The molecule has 1 aromatic rings. The van der Waals surface area contributed by atoms with Gasteiger partial charge in [0.2, 0.25) is 5.91 Å². The number of carbonyl (C=O) groups excluding carboxylic acids is 1. The average Bonchev–Trinajstić information content (AvgIpc) is 2.83. The van der Waals surface area contributed by atoms with Gasteiger partial charge in [0.25, 0.3) is 0 Å². The van der Waals surface area contributed by atoms with E-state index in [9.17, 15) is 9.90 Å². The molecule has 1 fully saturated rings. The standard InChI is InChI=1S/C17H24N2O2/c18-10-12-6-2-4-8-14(12)17(21)19-16-13-7-3-1-5-11(13)9-15(16)20/h1,3,5,7,12,14-16,20H,2,4,6,8-10,18H2,(H,19,21)/t12?,14?,15-,16+/m1/s1. The highest BCUT2D eigenvalue weighted by Crippen LogP contribution is 2.34. The summed E-state index contributed by atoms with van der Waals surface area (Å²) in [6, 6.07) is 7.68. The van der Waals surface area contributed by atoms with Gasteiger partial charge in [-0.1, -0.05) is 37.1 Å². The van der Waals surface area contributed by atoms with Crippen LogP contribution in [-0.4, -0.2) is 23.7 Å². The number of hydrogen-bond donors (Lipinski definition) is 3. The van der Waals surface area contributed by atoms with Crippen LogP contribution in [0.15, 0.2) is 24.3 Å². The third-order valence-electron chi connectivity index (χ3n) is 5.05. The third-order valence-corrected chi connectivity index (χ3v) is 5.05. The molecule has 1 saturated carbocycles. The van der Waals surface area contributed by atoms with Crippen LogP contribution in [0.2, 0.25) is 0 Å². The van der Waals surface area contributed by atoms with E-state index >= 15 is 0 Å². The van der Waals surface area contributed by atoms with Crippen LogP contribution >= 0.6 is 0 Å². The van der Waals surface area contributed by atoms with Gasteiger partial charge in [-0.2, -0.15) is 0 Å². The van der Waals surface area contributed by atoms with Crippen LogP contribution in [0.5, 0.6) is 0 Å². The van der Waals surface area contributed by atoms with E-state index in [2.05, 4.69) is 5.32 Å². The Labute approximate surface area is 125 Å². The first-order valence-corrected chi connectivity index (χ1v) is 7.97. The lowest BCUT2D eigenvalue weighted by atomic mass is 9.78. The van der Waals surface area contributed by atoms with Gasteiger partial charge in [-0.3, -0.25) is 4.79 Å². The summed E-state index contributed by atoms with van der Waals surface area (Å²) in [5, 5.41) is 13.3. The fourth-order valence-corrected chi connectivity index (χ4v) is 3.84. The molecule has 0 aromatic heterocycles. The summed E-state index contributed by atoms with van der Waals surface area (Å²) in [5.74, 6) is 0.349. The van der Waals surface area contributed by atoms with Crippen LogP contribution in [-0.2, 0) is 11.2 Å². The first-order valence-electron chi connectivity index (χ1n) is 7.97. The van der Waals surface area contributed by atoms with E-state index in [0.717, 1.165) is 30.4 Å². The lowest BCUT2D eigenvalue weighted by molar-refractivity contribution is -0.129. The number of carbonyl (C=O) groups is 1. The highest BCUT2D eigenvalue weighted by atomic mass is 16.3. The molecule has 0 aliphatic heterocycles. The van der Waals surface area contributed by atoms with Crippen molar-refractivity contribution in [2.45, 2.75) is 44.2 Å². The molecule has 3 rings (SSSR count). The van der Waals surface area contributed by atoms with Crippen molar-refractivity contribution in [1.82, 2.24) is 5.32 Å². The Morgan fingerprint density at radius 3 is 2.86 bits per heavy atom. The van der Waals surface area contributed by atoms with Crippen LogP contribution in [0.4, 0.5) is 0 Å². The fourth-order valence-electron chi connectivity index (χ4n) is 3.84. The van der Waals surface area contributed by atoms with Gasteiger partial charge in [0.05, 0.1) is 12.1 Å². The molecule has 114 valence electrons. The van der Waals surface area contributed by atoms with Crippen molar-refractivity contribution < 1.29 is 9.90 Å². The van der Waals surface area contributed by atoms with Crippen molar-refractivity contribution in [2.24, 2.45) is 17.6 Å². The summed E-state index contributed by atoms with van der Waals surface area (Å²) >= 11 is 0. The van der Waals surface area contributed by atoms with Crippen LogP contribution < -0.4 is 11.1 Å². The highest BCUT2D eigenvalue weighted by Gasteiger charge is 2.36. The molecule has 0 heterocycles. The molecule has 4 N–H and O–H groups in total. The van der Waals surface area contributed by atoms with Gasteiger partial charge < -0.3 is 16.2 Å². The van der Waals surface area contributed by atoms with Gasteiger partial charge in [0.15, 0.2) is 0 Å². The minimum absolute atomic E-state index is 0.00344. The molecule has 2 aliphatic carbocycles. The van der Waals surface area contributed by atoms with E-state index in [1.165, 1.54) is 6.42 Å². The monoisotopic (exact) mass is 288 g/mol. The number of aliphatic hydroxyl groups is 1. The first-order chi connectivity index (χ1) is 10.2. The molecule has 21 heavy (non-hydrogen) atoms. The molecule has 4 nitrogen and oxygen atoms in total. The number of rotatable bonds is 3. The number of hydrogen-bond acceptors (Lipinski definition) is 3. The zero-order valence-corrected chi connectivity index (χ0v) is 12.3. The predicted molar refractivity (Wildman–Crippen MR) is 81.5 cm³/mol. The van der Waals surface area contributed by atoms with E-state index in [4.69, 9.17) is 5.73 Å². The number of nitrogens with one attached hydrogen (secondary N) is 1. The first kappa shape index (κ1) is 14.5. The van der Waals surface area contributed by atoms with Crippen molar-refractivity contribution in [1.29, 1.82) is 0 Å². The highest BCUT2D eigenvalue weighted by molar-refractivity contribution is 5.80. The summed E-state index contributed by atoms with van der Waals surface area (Å²) in [6.45, 7) is 0.571. The lowest BCUT2D eigenvalue weighted by Crippen LogP contribution is -2.42. The number of fused-ring (bicyclic) bond motifs is 1. The molecular weight excluding hydrogens is 264 g/mol. The molecule has 0 radical (unpaired) electrons. The van der Waals surface area contributed by atoms with Gasteiger partial charge >= 0.3 is 0 Å². The predicted octanol–water partition coefficient (Wildman–Crippen LogP) is 1.53. The lowest BCUT2D eigenvalue weighted by Gasteiger charge is -2.31. The largest absolute Gasteiger partial charge is 0.390 e. The molecular formula is C17H24N2O2. The van der Waals surface area contributed by atoms with Gasteiger partial charge in [0.1, 0.15) is 0 Å². The summed E-state index contributed by atoms with van der Waals surface area (Å²) in [6.07, 6.45) is 4.31. The SMILES string of the molecule is NCC1CCCCC1C(=O)N[C@H]1c2ccccc2C[C@H]1O. The Balaban J connectivity index is 1.72. The van der Waals surface area contributed by atoms with Crippen LogP contribution in [0, 0.1) is 11.8 Å². The molecule has 1 amide bonds. The van der Waals surface area contributed by atoms with Crippen molar-refractivity contribution in [3.8, 4) is 0 Å². The molecule has 2 unspecified atom stereocenters. The van der Waals surface area contributed by atoms with Gasteiger partial charge in [0, 0.05) is 12.3 Å². The maximum atomic E-state index is 12.6. The molecule has 1 aromatic carbocycles. The second-order valence-electron chi connectivity index (χ2n) is 6.34. The van der Waals surface area contributed by atoms with Crippen molar-refractivity contribution in [3.63, 3.8) is 0 Å². The van der Waals surface area contributed by atoms with Gasteiger partial charge in [-0.05, 0) is 36.4 Å². The van der Waals surface area contributed by atoms with Crippen molar-refractivity contribution >= 4 is 5.91 Å². The maximum Gasteiger partial charge on any atom is 0.224 e. The molecule has 0 spiro atoms. The Morgan fingerprint density at radius 1 is 1.29 bits per heavy atom. The number of nitrogens with two attached hydrogens (primary N) is 1. The van der Waals surface area contributed by atoms with Crippen molar-refractivity contribution in [3.05, 3.63) is 35.4 Å². The van der Waals surface area contributed by atoms with Crippen LogP contribution in [0.1, 0.15) is 42.9 Å². The smallest absolute Gasteiger partial charge is 0.224 e. The minimum Gasteiger partial charge on any atom is -0.390 e. The van der Waals surface area contributed by atoms with E-state index in [0.29, 0.717) is 13.0 Å². The van der Waals surface area contributed by atoms with Crippen LogP contribution in [0.3, 0.4) is 0 Å².